The van der Waals surface area contributed by atoms with Gasteiger partial charge in [-0.05, 0) is 70.2 Å². The molecule has 0 aromatic rings. The first-order valence-electron chi connectivity index (χ1n) is 8.71. The molecule has 21 heavy (non-hydrogen) atoms. The summed E-state index contributed by atoms with van der Waals surface area (Å²) in [5.74, 6) is 0.581. The molecule has 2 fully saturated rings. The van der Waals surface area contributed by atoms with Gasteiger partial charge in [-0.25, -0.2) is 0 Å². The molecule has 1 saturated heterocycles. The van der Waals surface area contributed by atoms with E-state index in [2.05, 4.69) is 48.1 Å². The maximum atomic E-state index is 6.15. The second kappa shape index (κ2) is 5.74. The molecule has 0 unspecified atom stereocenters. The van der Waals surface area contributed by atoms with Crippen molar-refractivity contribution in [3.8, 4) is 0 Å². The summed E-state index contributed by atoms with van der Waals surface area (Å²) in [6.07, 6.45) is 7.84. The van der Waals surface area contributed by atoms with Crippen LogP contribution in [-0.2, 0) is 9.31 Å². The molecule has 0 bridgehead atoms. The predicted octanol–water partition coefficient (Wildman–Crippen LogP) is 5.17. The SMILES string of the molecule is C=C(B1OC(C)(C)C(C)(C)O1)C1CC(CCC)(CCC)C1. The quantitative estimate of drug-likeness (QED) is 0.629. The third kappa shape index (κ3) is 3.10. The van der Waals surface area contributed by atoms with Gasteiger partial charge in [0.1, 0.15) is 0 Å². The summed E-state index contributed by atoms with van der Waals surface area (Å²) < 4.78 is 12.3. The van der Waals surface area contributed by atoms with Gasteiger partial charge < -0.3 is 9.31 Å². The molecular formula is C18H33BO2. The molecule has 3 heteroatoms. The standard InChI is InChI=1S/C18H33BO2/c1-8-10-18(11-9-2)12-15(13-18)14(3)19-20-16(4,5)17(6,7)21-19/h15H,3,8-13H2,1-2,4-7H3. The minimum Gasteiger partial charge on any atom is -0.400 e. The largest absolute Gasteiger partial charge is 0.490 e. The van der Waals surface area contributed by atoms with Gasteiger partial charge in [0.15, 0.2) is 0 Å². The average molecular weight is 292 g/mol. The Morgan fingerprint density at radius 3 is 1.81 bits per heavy atom. The molecule has 0 atom stereocenters. The fourth-order valence-corrected chi connectivity index (χ4v) is 4.03. The predicted molar refractivity (Wildman–Crippen MR) is 90.2 cm³/mol. The number of hydrogen-bond donors (Lipinski definition) is 0. The van der Waals surface area contributed by atoms with Crippen LogP contribution in [-0.4, -0.2) is 18.3 Å². The summed E-state index contributed by atoms with van der Waals surface area (Å²) >= 11 is 0. The van der Waals surface area contributed by atoms with Crippen LogP contribution in [0.15, 0.2) is 12.1 Å². The maximum Gasteiger partial charge on any atom is 0.490 e. The van der Waals surface area contributed by atoms with Gasteiger partial charge in [0.25, 0.3) is 0 Å². The lowest BCUT2D eigenvalue weighted by Gasteiger charge is -2.49. The smallest absolute Gasteiger partial charge is 0.400 e. The molecule has 1 aliphatic carbocycles. The Kier molecular flexibility index (Phi) is 4.67. The van der Waals surface area contributed by atoms with E-state index >= 15 is 0 Å². The molecule has 0 aromatic carbocycles. The third-order valence-electron chi connectivity index (χ3n) is 6.00. The lowest BCUT2D eigenvalue weighted by molar-refractivity contribution is 0.00578. The highest BCUT2D eigenvalue weighted by Gasteiger charge is 2.55. The van der Waals surface area contributed by atoms with Crippen LogP contribution < -0.4 is 0 Å². The fraction of sp³-hybridized carbons (Fsp3) is 0.889. The molecular weight excluding hydrogens is 259 g/mol. The molecule has 2 nitrogen and oxygen atoms in total. The van der Waals surface area contributed by atoms with Crippen LogP contribution in [0.2, 0.25) is 0 Å². The van der Waals surface area contributed by atoms with E-state index in [1.807, 2.05) is 0 Å². The van der Waals surface area contributed by atoms with E-state index < -0.39 is 0 Å². The minimum atomic E-state index is -0.256. The Morgan fingerprint density at radius 2 is 1.43 bits per heavy atom. The summed E-state index contributed by atoms with van der Waals surface area (Å²) in [7, 11) is -0.221. The molecule has 0 amide bonds. The average Bonchev–Trinajstić information content (AvgIpc) is 2.54. The Balaban J connectivity index is 1.95. The zero-order valence-electron chi connectivity index (χ0n) is 14.9. The molecule has 2 rings (SSSR count). The fourth-order valence-electron chi connectivity index (χ4n) is 4.03. The number of hydrogen-bond acceptors (Lipinski definition) is 2. The van der Waals surface area contributed by atoms with Crippen molar-refractivity contribution in [1.82, 2.24) is 0 Å². The molecule has 0 aromatic heterocycles. The van der Waals surface area contributed by atoms with Gasteiger partial charge in [0.2, 0.25) is 0 Å². The molecule has 1 heterocycles. The van der Waals surface area contributed by atoms with Crippen LogP contribution in [0.1, 0.15) is 80.1 Å². The molecule has 0 radical (unpaired) electrons. The van der Waals surface area contributed by atoms with Crippen LogP contribution in [0.25, 0.3) is 0 Å². The highest BCUT2D eigenvalue weighted by atomic mass is 16.7. The number of rotatable bonds is 6. The lowest BCUT2D eigenvalue weighted by Crippen LogP contribution is -2.41. The van der Waals surface area contributed by atoms with Gasteiger partial charge in [-0.2, -0.15) is 0 Å². The van der Waals surface area contributed by atoms with E-state index in [1.165, 1.54) is 38.5 Å². The Hall–Kier alpha value is -0.275. The van der Waals surface area contributed by atoms with Crippen LogP contribution in [0.3, 0.4) is 0 Å². The van der Waals surface area contributed by atoms with E-state index in [-0.39, 0.29) is 18.3 Å². The minimum absolute atomic E-state index is 0.221. The summed E-state index contributed by atoms with van der Waals surface area (Å²) in [6, 6.07) is 0. The monoisotopic (exact) mass is 292 g/mol. The summed E-state index contributed by atoms with van der Waals surface area (Å²) in [6.45, 7) is 17.4. The van der Waals surface area contributed by atoms with E-state index in [4.69, 9.17) is 9.31 Å². The van der Waals surface area contributed by atoms with Crippen molar-refractivity contribution < 1.29 is 9.31 Å². The van der Waals surface area contributed by atoms with Crippen LogP contribution >= 0.6 is 0 Å². The molecule has 0 spiro atoms. The normalized spacial score (nSPS) is 26.7. The lowest BCUT2D eigenvalue weighted by atomic mass is 9.52. The van der Waals surface area contributed by atoms with E-state index in [0.29, 0.717) is 11.3 Å². The van der Waals surface area contributed by atoms with Crippen molar-refractivity contribution in [2.45, 2.75) is 91.3 Å². The first-order chi connectivity index (χ1) is 9.66. The summed E-state index contributed by atoms with van der Waals surface area (Å²) in [4.78, 5) is 0. The molecule has 2 aliphatic rings. The van der Waals surface area contributed by atoms with Crippen LogP contribution in [0.4, 0.5) is 0 Å². The van der Waals surface area contributed by atoms with Crippen molar-refractivity contribution in [3.63, 3.8) is 0 Å². The Labute approximate surface area is 131 Å². The van der Waals surface area contributed by atoms with Crippen molar-refractivity contribution >= 4 is 7.12 Å². The highest BCUT2D eigenvalue weighted by Crippen LogP contribution is 2.55. The van der Waals surface area contributed by atoms with Crippen molar-refractivity contribution in [2.75, 3.05) is 0 Å². The van der Waals surface area contributed by atoms with Crippen molar-refractivity contribution in [1.29, 1.82) is 0 Å². The zero-order chi connectivity index (χ0) is 15.9. The van der Waals surface area contributed by atoms with E-state index in [1.54, 1.807) is 0 Å². The van der Waals surface area contributed by atoms with Crippen molar-refractivity contribution in [2.24, 2.45) is 11.3 Å². The summed E-state index contributed by atoms with van der Waals surface area (Å²) in [5, 5.41) is 0. The van der Waals surface area contributed by atoms with Crippen LogP contribution in [0, 0.1) is 11.3 Å². The van der Waals surface area contributed by atoms with Gasteiger partial charge in [0, 0.05) is 0 Å². The number of allylic oxidation sites excluding steroid dienone is 1. The first-order valence-corrected chi connectivity index (χ1v) is 8.71. The third-order valence-corrected chi connectivity index (χ3v) is 6.00. The zero-order valence-corrected chi connectivity index (χ0v) is 14.9. The molecule has 120 valence electrons. The molecule has 1 saturated carbocycles. The van der Waals surface area contributed by atoms with Crippen LogP contribution in [0.5, 0.6) is 0 Å². The molecule has 0 N–H and O–H groups in total. The van der Waals surface area contributed by atoms with Gasteiger partial charge >= 0.3 is 7.12 Å². The van der Waals surface area contributed by atoms with Gasteiger partial charge in [0.05, 0.1) is 11.2 Å². The van der Waals surface area contributed by atoms with Crippen molar-refractivity contribution in [3.05, 3.63) is 12.1 Å². The van der Waals surface area contributed by atoms with Gasteiger partial charge in [-0.3, -0.25) is 0 Å². The Bertz CT molecular complexity index is 370. The topological polar surface area (TPSA) is 18.5 Å². The van der Waals surface area contributed by atoms with Gasteiger partial charge in [-0.15, -0.1) is 6.58 Å². The van der Waals surface area contributed by atoms with E-state index in [9.17, 15) is 0 Å². The second-order valence-electron chi connectivity index (χ2n) is 8.27. The second-order valence-corrected chi connectivity index (χ2v) is 8.27. The Morgan fingerprint density at radius 1 is 1.00 bits per heavy atom. The first kappa shape index (κ1) is 17.1. The maximum absolute atomic E-state index is 6.15. The molecule has 1 aliphatic heterocycles. The summed E-state index contributed by atoms with van der Waals surface area (Å²) in [5.41, 5.74) is 1.22. The van der Waals surface area contributed by atoms with Gasteiger partial charge in [-0.1, -0.05) is 26.7 Å². The van der Waals surface area contributed by atoms with E-state index in [0.717, 1.165) is 5.47 Å². The highest BCUT2D eigenvalue weighted by molar-refractivity contribution is 6.54.